The van der Waals surface area contributed by atoms with Crippen LogP contribution in [0.4, 0.5) is 5.69 Å². The molecule has 0 aromatic carbocycles. The lowest BCUT2D eigenvalue weighted by molar-refractivity contribution is 0.569. The van der Waals surface area contributed by atoms with Gasteiger partial charge in [-0.15, -0.1) is 11.7 Å². The Morgan fingerprint density at radius 2 is 2.35 bits per heavy atom. The van der Waals surface area contributed by atoms with Crippen molar-refractivity contribution in [1.82, 2.24) is 24.8 Å². The number of aryl methyl sites for hydroxylation is 1. The van der Waals surface area contributed by atoms with Crippen LogP contribution in [0.3, 0.4) is 0 Å². The molecule has 0 fully saturated rings. The molecule has 0 aliphatic heterocycles. The number of nitrogens with one attached hydrogen (secondary N) is 1. The van der Waals surface area contributed by atoms with Crippen molar-refractivity contribution >= 4 is 21.6 Å². The van der Waals surface area contributed by atoms with E-state index < -0.39 is 0 Å². The maximum absolute atomic E-state index is 11.9. The van der Waals surface area contributed by atoms with E-state index in [0.29, 0.717) is 23.2 Å². The Bertz CT molecular complexity index is 621. The molecule has 1 N–H and O–H groups in total. The van der Waals surface area contributed by atoms with Gasteiger partial charge in [0.2, 0.25) is 0 Å². The normalized spacial score (nSPS) is 10.4. The van der Waals surface area contributed by atoms with E-state index in [0.717, 1.165) is 13.0 Å². The van der Waals surface area contributed by atoms with Crippen molar-refractivity contribution in [3.8, 4) is 0 Å². The Balaban J connectivity index is 1.91. The third-order valence-electron chi connectivity index (χ3n) is 2.64. The number of hydrogen-bond donors (Lipinski definition) is 1. The Hall–Kier alpha value is -1.96. The van der Waals surface area contributed by atoms with Gasteiger partial charge >= 0.3 is 0 Å². The molecule has 0 radical (unpaired) electrons. The lowest BCUT2D eigenvalue weighted by Gasteiger charge is -2.09. The van der Waals surface area contributed by atoms with Crippen LogP contribution < -0.4 is 10.9 Å². The molecule has 2 heterocycles. The number of rotatable bonds is 7. The van der Waals surface area contributed by atoms with E-state index in [-0.39, 0.29) is 5.56 Å². The summed E-state index contributed by atoms with van der Waals surface area (Å²) in [5, 5.41) is 14.9. The summed E-state index contributed by atoms with van der Waals surface area (Å²) in [7, 11) is 0. The van der Waals surface area contributed by atoms with E-state index in [1.165, 1.54) is 4.68 Å². The quantitative estimate of drug-likeness (QED) is 0.607. The first-order valence-corrected chi connectivity index (χ1v) is 6.96. The maximum atomic E-state index is 11.9. The second-order valence-corrected chi connectivity index (χ2v) is 4.89. The van der Waals surface area contributed by atoms with Crippen molar-refractivity contribution in [3.05, 3.63) is 46.1 Å². The molecule has 106 valence electrons. The van der Waals surface area contributed by atoms with Gasteiger partial charge < -0.3 is 5.32 Å². The number of nitrogens with zero attached hydrogens (tertiary/aromatic N) is 5. The molecule has 7 nitrogen and oxygen atoms in total. The fourth-order valence-electron chi connectivity index (χ4n) is 1.66. The van der Waals surface area contributed by atoms with Crippen LogP contribution in [0, 0.1) is 0 Å². The molecular formula is C12H15BrN6O. The van der Waals surface area contributed by atoms with Gasteiger partial charge in [0, 0.05) is 19.3 Å². The summed E-state index contributed by atoms with van der Waals surface area (Å²) in [5.74, 6) is 0. The molecule has 2 aromatic rings. The van der Waals surface area contributed by atoms with Crippen LogP contribution in [-0.4, -0.2) is 31.3 Å². The van der Waals surface area contributed by atoms with E-state index in [1.54, 1.807) is 23.2 Å². The summed E-state index contributed by atoms with van der Waals surface area (Å²) in [5.41, 5.74) is 0.514. The summed E-state index contributed by atoms with van der Waals surface area (Å²) < 4.78 is 3.59. The van der Waals surface area contributed by atoms with Crippen molar-refractivity contribution in [1.29, 1.82) is 0 Å². The highest BCUT2D eigenvalue weighted by Gasteiger charge is 2.07. The average Bonchev–Trinajstić information content (AvgIpc) is 2.95. The summed E-state index contributed by atoms with van der Waals surface area (Å²) in [4.78, 5) is 11.9. The van der Waals surface area contributed by atoms with Crippen molar-refractivity contribution in [2.45, 2.75) is 19.5 Å². The third kappa shape index (κ3) is 3.53. The monoisotopic (exact) mass is 338 g/mol. The van der Waals surface area contributed by atoms with Gasteiger partial charge in [-0.25, -0.2) is 4.68 Å². The smallest absolute Gasteiger partial charge is 0.283 e. The fourth-order valence-corrected chi connectivity index (χ4v) is 2.10. The number of hydrogen-bond acceptors (Lipinski definition) is 5. The second-order valence-electron chi connectivity index (χ2n) is 4.09. The topological polar surface area (TPSA) is 77.6 Å². The maximum Gasteiger partial charge on any atom is 0.283 e. The highest BCUT2D eigenvalue weighted by atomic mass is 79.9. The van der Waals surface area contributed by atoms with Crippen LogP contribution in [-0.2, 0) is 13.1 Å². The molecule has 0 atom stereocenters. The Morgan fingerprint density at radius 1 is 1.50 bits per heavy atom. The molecule has 0 unspecified atom stereocenters. The predicted octanol–water partition coefficient (Wildman–Crippen LogP) is 1.29. The highest BCUT2D eigenvalue weighted by molar-refractivity contribution is 9.10. The molecule has 0 saturated heterocycles. The van der Waals surface area contributed by atoms with Gasteiger partial charge in [0.05, 0.1) is 24.6 Å². The second kappa shape index (κ2) is 6.99. The molecule has 0 aliphatic carbocycles. The molecule has 0 spiro atoms. The van der Waals surface area contributed by atoms with Gasteiger partial charge in [0.25, 0.3) is 5.56 Å². The van der Waals surface area contributed by atoms with Crippen molar-refractivity contribution in [3.63, 3.8) is 0 Å². The van der Waals surface area contributed by atoms with Gasteiger partial charge in [0.1, 0.15) is 4.47 Å². The average molecular weight is 339 g/mol. The van der Waals surface area contributed by atoms with Crippen molar-refractivity contribution in [2.75, 3.05) is 11.9 Å². The lowest BCUT2D eigenvalue weighted by Crippen LogP contribution is -2.24. The van der Waals surface area contributed by atoms with E-state index in [1.807, 2.05) is 6.20 Å². The summed E-state index contributed by atoms with van der Waals surface area (Å²) in [6, 6.07) is 0. The minimum absolute atomic E-state index is 0.175. The standard InChI is InChI=1S/C12H15BrN6O/c1-2-6-19-12(20)11(13)10(9-16-19)14-4-3-7-18-8-5-15-17-18/h2,5,8-9,14H,1,3-4,6-7H2. The summed E-state index contributed by atoms with van der Waals surface area (Å²) >= 11 is 3.29. The van der Waals surface area contributed by atoms with Gasteiger partial charge in [-0.2, -0.15) is 5.10 Å². The zero-order chi connectivity index (χ0) is 14.4. The van der Waals surface area contributed by atoms with E-state index >= 15 is 0 Å². The Labute approximate surface area is 124 Å². The number of aromatic nitrogens is 5. The van der Waals surface area contributed by atoms with Gasteiger partial charge in [0.15, 0.2) is 0 Å². The van der Waals surface area contributed by atoms with Gasteiger partial charge in [-0.3, -0.25) is 9.48 Å². The van der Waals surface area contributed by atoms with Gasteiger partial charge in [-0.1, -0.05) is 11.3 Å². The predicted molar refractivity (Wildman–Crippen MR) is 79.5 cm³/mol. The van der Waals surface area contributed by atoms with Crippen LogP contribution in [0.5, 0.6) is 0 Å². The van der Waals surface area contributed by atoms with E-state index in [2.05, 4.69) is 43.2 Å². The summed E-state index contributed by atoms with van der Waals surface area (Å²) in [6.45, 7) is 5.47. The van der Waals surface area contributed by atoms with Crippen molar-refractivity contribution in [2.24, 2.45) is 0 Å². The third-order valence-corrected chi connectivity index (χ3v) is 3.40. The number of halogens is 1. The molecule has 2 aromatic heterocycles. The Kier molecular flexibility index (Phi) is 5.05. The molecule has 8 heteroatoms. The highest BCUT2D eigenvalue weighted by Crippen LogP contribution is 2.15. The fraction of sp³-hybridized carbons (Fsp3) is 0.333. The van der Waals surface area contributed by atoms with Crippen LogP contribution in [0.25, 0.3) is 0 Å². The molecule has 2 rings (SSSR count). The molecule has 0 amide bonds. The molecule has 0 aliphatic rings. The summed E-state index contributed by atoms with van der Waals surface area (Å²) in [6.07, 6.45) is 7.59. The van der Waals surface area contributed by atoms with Crippen molar-refractivity contribution < 1.29 is 0 Å². The molecule has 0 saturated carbocycles. The minimum Gasteiger partial charge on any atom is -0.383 e. The zero-order valence-electron chi connectivity index (χ0n) is 10.9. The first-order valence-electron chi connectivity index (χ1n) is 6.17. The van der Waals surface area contributed by atoms with Crippen LogP contribution in [0.15, 0.2) is 40.5 Å². The number of anilines is 1. The number of allylic oxidation sites excluding steroid dienone is 1. The molecular weight excluding hydrogens is 324 g/mol. The van der Waals surface area contributed by atoms with Gasteiger partial charge in [-0.05, 0) is 22.4 Å². The molecule has 20 heavy (non-hydrogen) atoms. The first-order chi connectivity index (χ1) is 9.72. The molecule has 0 bridgehead atoms. The van der Waals surface area contributed by atoms with Crippen LogP contribution >= 0.6 is 15.9 Å². The van der Waals surface area contributed by atoms with Crippen LogP contribution in [0.1, 0.15) is 6.42 Å². The van der Waals surface area contributed by atoms with Crippen LogP contribution in [0.2, 0.25) is 0 Å². The van der Waals surface area contributed by atoms with E-state index in [4.69, 9.17) is 0 Å². The lowest BCUT2D eigenvalue weighted by atomic mass is 10.4. The first kappa shape index (κ1) is 14.4. The SMILES string of the molecule is C=CCn1ncc(NCCCn2ccnn2)c(Br)c1=O. The zero-order valence-corrected chi connectivity index (χ0v) is 12.5. The largest absolute Gasteiger partial charge is 0.383 e. The minimum atomic E-state index is -0.175. The van der Waals surface area contributed by atoms with E-state index in [9.17, 15) is 4.79 Å². The Morgan fingerprint density at radius 3 is 3.05 bits per heavy atom.